The maximum atomic E-state index is 11.0. The van der Waals surface area contributed by atoms with Crippen LogP contribution in [0.4, 0.5) is 0 Å². The summed E-state index contributed by atoms with van der Waals surface area (Å²) in [4.78, 5) is 0. The van der Waals surface area contributed by atoms with E-state index >= 15 is 0 Å². The lowest BCUT2D eigenvalue weighted by Gasteiger charge is -2.24. The normalized spacial score (nSPS) is 33.4. The lowest BCUT2D eigenvalue weighted by atomic mass is 10.0. The van der Waals surface area contributed by atoms with Gasteiger partial charge in [0.25, 0.3) is 20.2 Å². The van der Waals surface area contributed by atoms with Gasteiger partial charge in [0.2, 0.25) is 0 Å². The van der Waals surface area contributed by atoms with E-state index in [0.29, 0.717) is 0 Å². The van der Waals surface area contributed by atoms with Crippen molar-refractivity contribution in [2.75, 3.05) is 39.3 Å². The molecular weight excluding hydrogens is 344 g/mol. The zero-order chi connectivity index (χ0) is 16.4. The van der Waals surface area contributed by atoms with Gasteiger partial charge in [0.1, 0.15) is 38.0 Å². The summed E-state index contributed by atoms with van der Waals surface area (Å²) < 4.78 is 74.8. The summed E-state index contributed by atoms with van der Waals surface area (Å²) in [6, 6.07) is 0. The molecule has 0 bridgehead atoms. The molecule has 0 aromatic heterocycles. The maximum Gasteiger partial charge on any atom is 0.264 e. The molecule has 2 aliphatic heterocycles. The first-order valence-electron chi connectivity index (χ1n) is 6.31. The van der Waals surface area contributed by atoms with Crippen molar-refractivity contribution in [2.45, 2.75) is 24.4 Å². The van der Waals surface area contributed by atoms with Crippen molar-refractivity contribution in [3.8, 4) is 0 Å². The van der Waals surface area contributed by atoms with Crippen molar-refractivity contribution in [3.63, 3.8) is 0 Å². The van der Waals surface area contributed by atoms with E-state index in [1.165, 1.54) is 0 Å². The zero-order valence-corrected chi connectivity index (χ0v) is 13.7. The molecule has 0 aromatic carbocycles. The van der Waals surface area contributed by atoms with E-state index in [1.54, 1.807) is 0 Å². The molecule has 22 heavy (non-hydrogen) atoms. The quantitative estimate of drug-likeness (QED) is 0.490. The topological polar surface area (TPSA) is 124 Å². The highest BCUT2D eigenvalue weighted by atomic mass is 32.2. The number of rotatable bonds is 7. The van der Waals surface area contributed by atoms with Crippen LogP contribution in [0.3, 0.4) is 0 Å². The Morgan fingerprint density at radius 3 is 1.45 bits per heavy atom. The Hall–Kier alpha value is -0.340. The first kappa shape index (κ1) is 18.0. The van der Waals surface area contributed by atoms with Crippen LogP contribution in [-0.4, -0.2) is 80.6 Å². The van der Waals surface area contributed by atoms with Gasteiger partial charge in [-0.15, -0.1) is 0 Å². The summed E-state index contributed by atoms with van der Waals surface area (Å²) in [6.07, 6.45) is -0.815. The molecule has 0 amide bonds. The Morgan fingerprint density at radius 1 is 0.773 bits per heavy atom. The zero-order valence-electron chi connectivity index (χ0n) is 12.0. The average Bonchev–Trinajstić information content (AvgIpc) is 3.00. The van der Waals surface area contributed by atoms with E-state index < -0.39 is 44.7 Å². The van der Waals surface area contributed by atoms with Gasteiger partial charge in [-0.3, -0.25) is 8.37 Å². The molecule has 0 aromatic rings. The van der Waals surface area contributed by atoms with Crippen molar-refractivity contribution < 1.29 is 44.1 Å². The molecule has 2 fully saturated rings. The second-order valence-corrected chi connectivity index (χ2v) is 8.17. The monoisotopic (exact) mass is 362 g/mol. The molecule has 2 aliphatic rings. The number of hydrogen-bond acceptors (Lipinski definition) is 10. The SMILES string of the molecule is CS(=O)(=O)OC[C@@H]1OCO[C@@H]1[C@@H]1OCO[C@H]1COS(C)(=O)=O. The second-order valence-electron chi connectivity index (χ2n) is 4.89. The van der Waals surface area contributed by atoms with Gasteiger partial charge in [-0.2, -0.15) is 16.8 Å². The minimum absolute atomic E-state index is 0.0536. The number of hydrogen-bond donors (Lipinski definition) is 0. The Morgan fingerprint density at radius 2 is 1.14 bits per heavy atom. The van der Waals surface area contributed by atoms with E-state index in [-0.39, 0.29) is 26.8 Å². The summed E-state index contributed by atoms with van der Waals surface area (Å²) in [5, 5.41) is 0. The predicted molar refractivity (Wildman–Crippen MR) is 70.8 cm³/mol. The Kier molecular flexibility index (Phi) is 5.77. The first-order chi connectivity index (χ1) is 10.2. The van der Waals surface area contributed by atoms with Crippen LogP contribution < -0.4 is 0 Å². The molecule has 10 nitrogen and oxygen atoms in total. The summed E-state index contributed by atoms with van der Waals surface area (Å²) in [7, 11) is -7.23. The average molecular weight is 362 g/mol. The molecule has 0 unspecified atom stereocenters. The largest absolute Gasteiger partial charge is 0.347 e. The van der Waals surface area contributed by atoms with Crippen LogP contribution in [0.15, 0.2) is 0 Å². The van der Waals surface area contributed by atoms with Crippen LogP contribution >= 0.6 is 0 Å². The fourth-order valence-corrected chi connectivity index (χ4v) is 2.86. The molecule has 2 saturated heterocycles. The molecular formula is C10H18O10S2. The summed E-state index contributed by atoms with van der Waals surface area (Å²) >= 11 is 0. The van der Waals surface area contributed by atoms with E-state index in [9.17, 15) is 16.8 Å². The smallest absolute Gasteiger partial charge is 0.264 e. The van der Waals surface area contributed by atoms with Crippen molar-refractivity contribution in [1.29, 1.82) is 0 Å². The second kappa shape index (κ2) is 7.05. The lowest BCUT2D eigenvalue weighted by molar-refractivity contribution is -0.0359. The van der Waals surface area contributed by atoms with Crippen LogP contribution in [0.25, 0.3) is 0 Å². The van der Waals surface area contributed by atoms with Gasteiger partial charge in [0.15, 0.2) is 0 Å². The maximum absolute atomic E-state index is 11.0. The van der Waals surface area contributed by atoms with Crippen LogP contribution in [0, 0.1) is 0 Å². The van der Waals surface area contributed by atoms with Gasteiger partial charge >= 0.3 is 0 Å². The van der Waals surface area contributed by atoms with E-state index in [2.05, 4.69) is 0 Å². The minimum atomic E-state index is -3.61. The molecule has 0 radical (unpaired) electrons. The molecule has 0 N–H and O–H groups in total. The van der Waals surface area contributed by atoms with Crippen LogP contribution in [0.1, 0.15) is 0 Å². The summed E-state index contributed by atoms with van der Waals surface area (Å²) in [5.74, 6) is 0. The van der Waals surface area contributed by atoms with Crippen molar-refractivity contribution in [3.05, 3.63) is 0 Å². The molecule has 4 atom stereocenters. The van der Waals surface area contributed by atoms with Crippen molar-refractivity contribution in [1.82, 2.24) is 0 Å². The Bertz CT molecular complexity index is 519. The molecule has 0 aliphatic carbocycles. The van der Waals surface area contributed by atoms with Crippen LogP contribution in [-0.2, 0) is 47.5 Å². The van der Waals surface area contributed by atoms with E-state index in [4.69, 9.17) is 27.3 Å². The predicted octanol–water partition coefficient (Wildman–Crippen LogP) is -1.58. The third-order valence-electron chi connectivity index (χ3n) is 3.03. The third-order valence-corrected chi connectivity index (χ3v) is 4.16. The van der Waals surface area contributed by atoms with Gasteiger partial charge < -0.3 is 18.9 Å². The van der Waals surface area contributed by atoms with Gasteiger partial charge in [-0.05, 0) is 0 Å². The summed E-state index contributed by atoms with van der Waals surface area (Å²) in [5.41, 5.74) is 0. The lowest BCUT2D eigenvalue weighted by Crippen LogP contribution is -2.45. The minimum Gasteiger partial charge on any atom is -0.347 e. The molecule has 12 heteroatoms. The van der Waals surface area contributed by atoms with Crippen molar-refractivity contribution >= 4 is 20.2 Å². The molecule has 0 saturated carbocycles. The van der Waals surface area contributed by atoms with Gasteiger partial charge in [-0.1, -0.05) is 0 Å². The highest BCUT2D eigenvalue weighted by Crippen LogP contribution is 2.26. The Balaban J connectivity index is 1.95. The van der Waals surface area contributed by atoms with Gasteiger partial charge in [0, 0.05) is 0 Å². The van der Waals surface area contributed by atoms with E-state index in [1.807, 2.05) is 0 Å². The summed E-state index contributed by atoms with van der Waals surface area (Å²) in [6.45, 7) is -0.573. The fraction of sp³-hybridized carbons (Fsp3) is 1.00. The number of ether oxygens (including phenoxy) is 4. The molecule has 2 heterocycles. The molecule has 0 spiro atoms. The molecule has 130 valence electrons. The van der Waals surface area contributed by atoms with Gasteiger partial charge in [-0.25, -0.2) is 0 Å². The Labute approximate surface area is 128 Å². The van der Waals surface area contributed by atoms with Crippen LogP contribution in [0.5, 0.6) is 0 Å². The van der Waals surface area contributed by atoms with E-state index in [0.717, 1.165) is 12.5 Å². The highest BCUT2D eigenvalue weighted by molar-refractivity contribution is 7.86. The molecule has 2 rings (SSSR count). The standard InChI is InChI=1S/C10H18O10S2/c1-21(11,12)19-3-7-9(17-5-15-7)10-8(16-6-18-10)4-20-22(2,13)14/h7-10H,3-6H2,1-2H3/t7-,8-,9-,10+/m0/s1. The van der Waals surface area contributed by atoms with Crippen LogP contribution in [0.2, 0.25) is 0 Å². The first-order valence-corrected chi connectivity index (χ1v) is 9.94. The third kappa shape index (κ3) is 5.38. The van der Waals surface area contributed by atoms with Gasteiger partial charge in [0.05, 0.1) is 25.7 Å². The van der Waals surface area contributed by atoms with Crippen molar-refractivity contribution in [2.24, 2.45) is 0 Å². The highest BCUT2D eigenvalue weighted by Gasteiger charge is 2.45. The fourth-order valence-electron chi connectivity index (χ4n) is 2.09.